The molecule has 1 heterocycles. The molecular weight excluding hydrogens is 150 g/mol. The van der Waals surface area contributed by atoms with Crippen LogP contribution in [0, 0.1) is 0 Å². The van der Waals surface area contributed by atoms with Crippen LogP contribution in [0.15, 0.2) is 17.1 Å². The van der Waals surface area contributed by atoms with Crippen molar-refractivity contribution in [2.45, 2.75) is 5.54 Å². The Morgan fingerprint density at radius 3 is 2.00 bits per heavy atom. The fraction of sp³-hybridized carbons (Fsp3) is 0.167. The standard InChI is InChI=1S/C6H5NO4/c8-4(9)6(5(10)11)2-1-3-7-6/h1-3H,(H,8,9)(H,10,11). The van der Waals surface area contributed by atoms with Crippen LogP contribution >= 0.6 is 0 Å². The van der Waals surface area contributed by atoms with Gasteiger partial charge in [0.1, 0.15) is 0 Å². The molecule has 0 aromatic heterocycles. The van der Waals surface area contributed by atoms with E-state index in [1.807, 2.05) is 0 Å². The van der Waals surface area contributed by atoms with Crippen LogP contribution in [-0.4, -0.2) is 33.9 Å². The third-order valence-electron chi connectivity index (χ3n) is 1.35. The van der Waals surface area contributed by atoms with Gasteiger partial charge in [-0.1, -0.05) is 0 Å². The molecule has 1 aliphatic heterocycles. The highest BCUT2D eigenvalue weighted by molar-refractivity contribution is 6.09. The Morgan fingerprint density at radius 1 is 1.27 bits per heavy atom. The van der Waals surface area contributed by atoms with E-state index in [0.29, 0.717) is 0 Å². The van der Waals surface area contributed by atoms with Gasteiger partial charge in [0.05, 0.1) is 0 Å². The Bertz CT molecular complexity index is 238. The van der Waals surface area contributed by atoms with Crippen molar-refractivity contribution in [2.24, 2.45) is 4.99 Å². The number of carbonyl (C=O) groups is 2. The second kappa shape index (κ2) is 2.19. The topological polar surface area (TPSA) is 87.0 Å². The first kappa shape index (κ1) is 7.46. The molecule has 0 saturated heterocycles. The SMILES string of the molecule is O=C(O)C1(C(=O)O)C=CC=N1. The molecule has 1 rings (SSSR count). The number of carboxylic acid groups (broad SMARTS) is 2. The summed E-state index contributed by atoms with van der Waals surface area (Å²) < 4.78 is 0. The predicted octanol–water partition coefficient (Wildman–Crippen LogP) is -0.465. The lowest BCUT2D eigenvalue weighted by Crippen LogP contribution is -2.41. The number of hydrogen-bond donors (Lipinski definition) is 2. The van der Waals surface area contributed by atoms with Crippen LogP contribution in [0.5, 0.6) is 0 Å². The molecule has 0 aromatic carbocycles. The van der Waals surface area contributed by atoms with Gasteiger partial charge < -0.3 is 10.2 Å². The van der Waals surface area contributed by atoms with Crippen LogP contribution in [0.25, 0.3) is 0 Å². The fourth-order valence-electron chi connectivity index (χ4n) is 0.730. The average molecular weight is 155 g/mol. The first-order chi connectivity index (χ1) is 5.09. The van der Waals surface area contributed by atoms with Crippen LogP contribution in [0.1, 0.15) is 0 Å². The summed E-state index contributed by atoms with van der Waals surface area (Å²) in [5.41, 5.74) is -2.08. The van der Waals surface area contributed by atoms with Gasteiger partial charge in [-0.15, -0.1) is 0 Å². The van der Waals surface area contributed by atoms with Gasteiger partial charge in [0.2, 0.25) is 0 Å². The molecule has 0 saturated carbocycles. The van der Waals surface area contributed by atoms with Crippen molar-refractivity contribution in [1.82, 2.24) is 0 Å². The molecule has 0 atom stereocenters. The molecule has 5 nitrogen and oxygen atoms in total. The van der Waals surface area contributed by atoms with E-state index in [4.69, 9.17) is 10.2 Å². The summed E-state index contributed by atoms with van der Waals surface area (Å²) in [5, 5.41) is 17.0. The van der Waals surface area contributed by atoms with E-state index in [1.54, 1.807) is 0 Å². The Labute approximate surface area is 61.7 Å². The third-order valence-corrected chi connectivity index (χ3v) is 1.35. The summed E-state index contributed by atoms with van der Waals surface area (Å²) in [4.78, 5) is 24.2. The minimum absolute atomic E-state index is 1.03. The predicted molar refractivity (Wildman–Crippen MR) is 35.6 cm³/mol. The van der Waals surface area contributed by atoms with Crippen molar-refractivity contribution in [2.75, 3.05) is 0 Å². The molecular formula is C6H5NO4. The Balaban J connectivity index is 3.09. The lowest BCUT2D eigenvalue weighted by atomic mass is 10.0. The van der Waals surface area contributed by atoms with Crippen molar-refractivity contribution in [3.05, 3.63) is 12.2 Å². The second-order valence-electron chi connectivity index (χ2n) is 2.01. The summed E-state index contributed by atoms with van der Waals surface area (Å²) in [6, 6.07) is 0. The maximum Gasteiger partial charge on any atom is 0.347 e. The molecule has 58 valence electrons. The first-order valence-electron chi connectivity index (χ1n) is 2.79. The maximum atomic E-state index is 10.4. The maximum absolute atomic E-state index is 10.4. The molecule has 2 N–H and O–H groups in total. The summed E-state index contributed by atoms with van der Waals surface area (Å²) >= 11 is 0. The molecule has 1 aliphatic rings. The zero-order valence-electron chi connectivity index (χ0n) is 5.39. The van der Waals surface area contributed by atoms with Crippen LogP contribution < -0.4 is 0 Å². The lowest BCUT2D eigenvalue weighted by molar-refractivity contribution is -0.153. The molecule has 11 heavy (non-hydrogen) atoms. The number of aliphatic imine (C=N–C) groups is 1. The summed E-state index contributed by atoms with van der Waals surface area (Å²) in [5.74, 6) is -2.95. The minimum Gasteiger partial charge on any atom is -0.479 e. The molecule has 0 aliphatic carbocycles. The number of nitrogens with zero attached hydrogens (tertiary/aromatic N) is 1. The highest BCUT2D eigenvalue weighted by Gasteiger charge is 2.45. The number of aliphatic carboxylic acids is 2. The quantitative estimate of drug-likeness (QED) is 0.528. The number of rotatable bonds is 2. The highest BCUT2D eigenvalue weighted by Crippen LogP contribution is 2.17. The fourth-order valence-corrected chi connectivity index (χ4v) is 0.730. The summed E-state index contributed by atoms with van der Waals surface area (Å²) in [6.07, 6.45) is 3.47. The van der Waals surface area contributed by atoms with Gasteiger partial charge in [0.25, 0.3) is 5.54 Å². The normalized spacial score (nSPS) is 18.5. The van der Waals surface area contributed by atoms with Crippen molar-refractivity contribution >= 4 is 18.2 Å². The van der Waals surface area contributed by atoms with E-state index >= 15 is 0 Å². The molecule has 0 aromatic rings. The average Bonchev–Trinajstić information content (AvgIpc) is 2.34. The van der Waals surface area contributed by atoms with Gasteiger partial charge in [-0.3, -0.25) is 4.99 Å². The third kappa shape index (κ3) is 0.899. The zero-order chi connectivity index (χ0) is 8.48. The summed E-state index contributed by atoms with van der Waals surface area (Å²) in [6.45, 7) is 0. The molecule has 0 bridgehead atoms. The molecule has 0 radical (unpaired) electrons. The van der Waals surface area contributed by atoms with Gasteiger partial charge >= 0.3 is 11.9 Å². The lowest BCUT2D eigenvalue weighted by Gasteiger charge is -2.11. The van der Waals surface area contributed by atoms with E-state index in [0.717, 1.165) is 12.3 Å². The monoisotopic (exact) mass is 155 g/mol. The molecule has 0 unspecified atom stereocenters. The Morgan fingerprint density at radius 2 is 1.82 bits per heavy atom. The van der Waals surface area contributed by atoms with Crippen LogP contribution in [0.4, 0.5) is 0 Å². The second-order valence-corrected chi connectivity index (χ2v) is 2.01. The molecule has 0 fully saturated rings. The molecule has 5 heteroatoms. The van der Waals surface area contributed by atoms with Crippen molar-refractivity contribution in [3.63, 3.8) is 0 Å². The van der Waals surface area contributed by atoms with Gasteiger partial charge in [-0.05, 0) is 12.2 Å². The smallest absolute Gasteiger partial charge is 0.347 e. The van der Waals surface area contributed by atoms with E-state index in [-0.39, 0.29) is 0 Å². The first-order valence-corrected chi connectivity index (χ1v) is 2.79. The highest BCUT2D eigenvalue weighted by atomic mass is 16.4. The van der Waals surface area contributed by atoms with Crippen LogP contribution in [0.3, 0.4) is 0 Å². The largest absolute Gasteiger partial charge is 0.479 e. The van der Waals surface area contributed by atoms with Gasteiger partial charge in [0, 0.05) is 6.21 Å². The molecule has 0 amide bonds. The molecule has 0 spiro atoms. The van der Waals surface area contributed by atoms with Gasteiger partial charge in [-0.25, -0.2) is 9.59 Å². The Kier molecular flexibility index (Phi) is 1.48. The van der Waals surface area contributed by atoms with E-state index in [1.165, 1.54) is 6.08 Å². The summed E-state index contributed by atoms with van der Waals surface area (Å²) in [7, 11) is 0. The Hall–Kier alpha value is -1.65. The number of hydrogen-bond acceptors (Lipinski definition) is 3. The van der Waals surface area contributed by atoms with Gasteiger partial charge in [0.15, 0.2) is 0 Å². The van der Waals surface area contributed by atoms with Crippen molar-refractivity contribution in [3.8, 4) is 0 Å². The number of allylic oxidation sites excluding steroid dienone is 1. The van der Waals surface area contributed by atoms with E-state index < -0.39 is 17.5 Å². The van der Waals surface area contributed by atoms with E-state index in [9.17, 15) is 9.59 Å². The van der Waals surface area contributed by atoms with Crippen molar-refractivity contribution in [1.29, 1.82) is 0 Å². The zero-order valence-corrected chi connectivity index (χ0v) is 5.39. The van der Waals surface area contributed by atoms with Crippen molar-refractivity contribution < 1.29 is 19.8 Å². The van der Waals surface area contributed by atoms with Gasteiger partial charge in [-0.2, -0.15) is 0 Å². The number of carboxylic acids is 2. The van der Waals surface area contributed by atoms with Crippen LogP contribution in [0.2, 0.25) is 0 Å². The van der Waals surface area contributed by atoms with Crippen LogP contribution in [-0.2, 0) is 9.59 Å². The van der Waals surface area contributed by atoms with E-state index in [2.05, 4.69) is 4.99 Å². The minimum atomic E-state index is -2.08.